The average Bonchev–Trinajstić information content (AvgIpc) is 2.85. The maximum Gasteiger partial charge on any atom is 0.145 e. The van der Waals surface area contributed by atoms with Crippen LogP contribution in [-0.2, 0) is 0 Å². The molecule has 1 aromatic heterocycles. The first-order valence-electron chi connectivity index (χ1n) is 10.4. The van der Waals surface area contributed by atoms with E-state index in [0.29, 0.717) is 0 Å². The van der Waals surface area contributed by atoms with E-state index in [4.69, 9.17) is 9.72 Å². The standard InChI is InChI=1S/C28H20N2O/c1-31-26-15-6-5-11-21(26)20-16-17-23-24-13-8-18-29-28(24)30(19-9-3-2-4-10-19)25-14-7-12-22(20)27(23)25/h2-18H,1H3. The number of para-hydroxylation sites is 2. The monoisotopic (exact) mass is 400 g/mol. The van der Waals surface area contributed by atoms with Crippen LogP contribution in [0.5, 0.6) is 5.75 Å². The highest BCUT2D eigenvalue weighted by Crippen LogP contribution is 2.51. The summed E-state index contributed by atoms with van der Waals surface area (Å²) in [4.78, 5) is 7.04. The lowest BCUT2D eigenvalue weighted by Gasteiger charge is -2.32. The lowest BCUT2D eigenvalue weighted by molar-refractivity contribution is 0.416. The summed E-state index contributed by atoms with van der Waals surface area (Å²) >= 11 is 0. The second kappa shape index (κ2) is 6.99. The molecule has 0 aliphatic carbocycles. The summed E-state index contributed by atoms with van der Waals surface area (Å²) in [5, 5.41) is 2.44. The molecule has 0 bridgehead atoms. The zero-order chi connectivity index (χ0) is 20.8. The third-order valence-electron chi connectivity index (χ3n) is 5.96. The van der Waals surface area contributed by atoms with E-state index in [1.54, 1.807) is 7.11 Å². The normalized spacial score (nSPS) is 12.0. The van der Waals surface area contributed by atoms with Gasteiger partial charge in [-0.3, -0.25) is 4.90 Å². The number of methoxy groups -OCH3 is 1. The number of anilines is 3. The van der Waals surface area contributed by atoms with Crippen molar-refractivity contribution >= 4 is 28.0 Å². The number of hydrogen-bond acceptors (Lipinski definition) is 3. The van der Waals surface area contributed by atoms with E-state index in [2.05, 4.69) is 77.7 Å². The molecule has 0 fully saturated rings. The quantitative estimate of drug-likeness (QED) is 0.310. The topological polar surface area (TPSA) is 25.4 Å². The predicted molar refractivity (Wildman–Crippen MR) is 127 cm³/mol. The fourth-order valence-electron chi connectivity index (χ4n) is 4.64. The second-order valence-corrected chi connectivity index (χ2v) is 7.61. The van der Waals surface area contributed by atoms with Gasteiger partial charge >= 0.3 is 0 Å². The first kappa shape index (κ1) is 17.7. The number of fused-ring (bicyclic) bond motifs is 2. The Morgan fingerprint density at radius 1 is 0.645 bits per heavy atom. The Kier molecular flexibility index (Phi) is 4.00. The van der Waals surface area contributed by atoms with Crippen molar-refractivity contribution in [2.45, 2.75) is 0 Å². The molecule has 1 aliphatic rings. The van der Waals surface area contributed by atoms with Gasteiger partial charge in [-0.1, -0.05) is 60.7 Å². The molecule has 0 saturated heterocycles. The minimum atomic E-state index is 0.876. The van der Waals surface area contributed by atoms with Crippen molar-refractivity contribution in [2.75, 3.05) is 12.0 Å². The summed E-state index contributed by atoms with van der Waals surface area (Å²) in [5.41, 5.74) is 6.85. The first-order valence-corrected chi connectivity index (χ1v) is 10.4. The summed E-state index contributed by atoms with van der Waals surface area (Å²) in [7, 11) is 1.73. The first-order chi connectivity index (χ1) is 15.4. The highest BCUT2D eigenvalue weighted by molar-refractivity contribution is 6.17. The van der Waals surface area contributed by atoms with Crippen molar-refractivity contribution in [2.24, 2.45) is 0 Å². The van der Waals surface area contributed by atoms with E-state index in [0.717, 1.165) is 34.1 Å². The van der Waals surface area contributed by atoms with Gasteiger partial charge in [0, 0.05) is 28.4 Å². The van der Waals surface area contributed by atoms with Crippen LogP contribution < -0.4 is 9.64 Å². The third kappa shape index (κ3) is 2.63. The van der Waals surface area contributed by atoms with Gasteiger partial charge in [0.15, 0.2) is 0 Å². The van der Waals surface area contributed by atoms with Crippen LogP contribution in [0.2, 0.25) is 0 Å². The van der Waals surface area contributed by atoms with Gasteiger partial charge in [0.25, 0.3) is 0 Å². The molecule has 1 aliphatic heterocycles. The predicted octanol–water partition coefficient (Wildman–Crippen LogP) is 7.36. The summed E-state index contributed by atoms with van der Waals surface area (Å²) in [5.74, 6) is 1.83. The SMILES string of the molecule is COc1ccccc1-c1ccc2c3c(cccc13)N(c1ccccc1)c1ncccc1-2. The van der Waals surface area contributed by atoms with Gasteiger partial charge in [-0.25, -0.2) is 4.98 Å². The maximum absolute atomic E-state index is 5.68. The van der Waals surface area contributed by atoms with Gasteiger partial charge in [0.05, 0.1) is 12.8 Å². The van der Waals surface area contributed by atoms with Crippen molar-refractivity contribution in [3.8, 4) is 28.0 Å². The van der Waals surface area contributed by atoms with E-state index in [-0.39, 0.29) is 0 Å². The number of pyridine rings is 1. The fourth-order valence-corrected chi connectivity index (χ4v) is 4.64. The van der Waals surface area contributed by atoms with Gasteiger partial charge in [0.1, 0.15) is 11.6 Å². The fraction of sp³-hybridized carbons (Fsp3) is 0.0357. The molecule has 0 unspecified atom stereocenters. The minimum absolute atomic E-state index is 0.876. The Balaban J connectivity index is 1.72. The van der Waals surface area contributed by atoms with E-state index < -0.39 is 0 Å². The molecule has 31 heavy (non-hydrogen) atoms. The van der Waals surface area contributed by atoms with Crippen LogP contribution in [0.1, 0.15) is 0 Å². The third-order valence-corrected chi connectivity index (χ3v) is 5.96. The van der Waals surface area contributed by atoms with Crippen LogP contribution >= 0.6 is 0 Å². The lowest BCUT2D eigenvalue weighted by atomic mass is 9.88. The largest absolute Gasteiger partial charge is 0.496 e. The minimum Gasteiger partial charge on any atom is -0.496 e. The summed E-state index contributed by atoms with van der Waals surface area (Å²) in [6.07, 6.45) is 1.86. The molecule has 0 saturated carbocycles. The van der Waals surface area contributed by atoms with E-state index in [1.807, 2.05) is 30.5 Å². The van der Waals surface area contributed by atoms with E-state index in [9.17, 15) is 0 Å². The van der Waals surface area contributed by atoms with Crippen LogP contribution in [-0.4, -0.2) is 12.1 Å². The molecule has 4 aromatic carbocycles. The molecule has 3 nitrogen and oxygen atoms in total. The van der Waals surface area contributed by atoms with Crippen molar-refractivity contribution < 1.29 is 4.74 Å². The second-order valence-electron chi connectivity index (χ2n) is 7.61. The Morgan fingerprint density at radius 3 is 2.29 bits per heavy atom. The van der Waals surface area contributed by atoms with Crippen LogP contribution in [0.15, 0.2) is 103 Å². The van der Waals surface area contributed by atoms with Crippen LogP contribution in [0.3, 0.4) is 0 Å². The van der Waals surface area contributed by atoms with Gasteiger partial charge in [-0.2, -0.15) is 0 Å². The Bertz CT molecular complexity index is 1430. The summed E-state index contributed by atoms with van der Waals surface area (Å²) < 4.78 is 5.68. The summed E-state index contributed by atoms with van der Waals surface area (Å²) in [6, 6.07) is 33.7. The van der Waals surface area contributed by atoms with E-state index >= 15 is 0 Å². The van der Waals surface area contributed by atoms with Gasteiger partial charge < -0.3 is 4.74 Å². The Morgan fingerprint density at radius 2 is 1.42 bits per heavy atom. The Labute approximate surface area is 181 Å². The van der Waals surface area contributed by atoms with E-state index in [1.165, 1.54) is 21.9 Å². The highest BCUT2D eigenvalue weighted by atomic mass is 16.5. The maximum atomic E-state index is 5.68. The average molecular weight is 400 g/mol. The van der Waals surface area contributed by atoms with Crippen molar-refractivity contribution in [1.29, 1.82) is 0 Å². The van der Waals surface area contributed by atoms with Crippen LogP contribution in [0.4, 0.5) is 17.2 Å². The zero-order valence-corrected chi connectivity index (χ0v) is 17.1. The number of benzene rings is 4. The number of ether oxygens (including phenoxy) is 1. The molecule has 0 spiro atoms. The van der Waals surface area contributed by atoms with Gasteiger partial charge in [-0.05, 0) is 52.9 Å². The number of rotatable bonds is 3. The van der Waals surface area contributed by atoms with Crippen molar-refractivity contribution in [1.82, 2.24) is 4.98 Å². The molecule has 0 amide bonds. The lowest BCUT2D eigenvalue weighted by Crippen LogP contribution is -2.16. The van der Waals surface area contributed by atoms with Crippen molar-refractivity contribution in [3.63, 3.8) is 0 Å². The number of nitrogens with zero attached hydrogens (tertiary/aromatic N) is 2. The molecule has 5 aromatic rings. The summed E-state index contributed by atoms with van der Waals surface area (Å²) in [6.45, 7) is 0. The zero-order valence-electron chi connectivity index (χ0n) is 17.1. The van der Waals surface area contributed by atoms with Gasteiger partial charge in [-0.15, -0.1) is 0 Å². The molecule has 0 radical (unpaired) electrons. The number of aromatic nitrogens is 1. The van der Waals surface area contributed by atoms with Gasteiger partial charge in [0.2, 0.25) is 0 Å². The molecular weight excluding hydrogens is 380 g/mol. The molecular formula is C28H20N2O. The Hall–Kier alpha value is -4.11. The molecule has 0 N–H and O–H groups in total. The molecule has 0 atom stereocenters. The van der Waals surface area contributed by atoms with Crippen LogP contribution in [0.25, 0.3) is 33.0 Å². The smallest absolute Gasteiger partial charge is 0.145 e. The molecule has 3 heteroatoms. The molecule has 148 valence electrons. The van der Waals surface area contributed by atoms with Crippen molar-refractivity contribution in [3.05, 3.63) is 103 Å². The molecule has 6 rings (SSSR count). The van der Waals surface area contributed by atoms with Crippen LogP contribution in [0, 0.1) is 0 Å². The highest BCUT2D eigenvalue weighted by Gasteiger charge is 2.27. The molecule has 2 heterocycles. The number of hydrogen-bond donors (Lipinski definition) is 0.